The summed E-state index contributed by atoms with van der Waals surface area (Å²) in [6.45, 7) is 0. The van der Waals surface area contributed by atoms with Crippen molar-refractivity contribution in [2.24, 2.45) is 7.05 Å². The summed E-state index contributed by atoms with van der Waals surface area (Å²) in [5, 5.41) is 6.57. The number of nitrogens with one attached hydrogen (secondary N) is 1. The van der Waals surface area contributed by atoms with Crippen LogP contribution in [0.3, 0.4) is 0 Å². The lowest BCUT2D eigenvalue weighted by molar-refractivity contribution is 0.102. The van der Waals surface area contributed by atoms with Gasteiger partial charge in [0.2, 0.25) is 0 Å². The monoisotopic (exact) mass is 297 g/mol. The van der Waals surface area contributed by atoms with E-state index < -0.39 is 11.7 Å². The van der Waals surface area contributed by atoms with E-state index in [4.69, 9.17) is 0 Å². The van der Waals surface area contributed by atoms with Crippen LogP contribution >= 0.6 is 15.9 Å². The molecule has 0 spiro atoms. The van der Waals surface area contributed by atoms with E-state index in [1.807, 2.05) is 0 Å². The van der Waals surface area contributed by atoms with E-state index in [9.17, 15) is 9.18 Å². The van der Waals surface area contributed by atoms with Crippen molar-refractivity contribution in [3.8, 4) is 0 Å². The Morgan fingerprint density at radius 2 is 2.24 bits per heavy atom. The number of nitrogens with zero attached hydrogens (tertiary/aromatic N) is 2. The molecule has 0 fully saturated rings. The van der Waals surface area contributed by atoms with E-state index in [-0.39, 0.29) is 5.56 Å². The van der Waals surface area contributed by atoms with Crippen molar-refractivity contribution in [2.75, 3.05) is 5.32 Å². The molecule has 1 aromatic carbocycles. The number of halogens is 2. The van der Waals surface area contributed by atoms with Crippen LogP contribution in [0.4, 0.5) is 10.2 Å². The highest BCUT2D eigenvalue weighted by molar-refractivity contribution is 9.10. The van der Waals surface area contributed by atoms with Crippen LogP contribution in [0, 0.1) is 5.82 Å². The topological polar surface area (TPSA) is 46.9 Å². The first-order valence-corrected chi connectivity index (χ1v) is 5.61. The number of hydrogen-bond donors (Lipinski definition) is 1. The van der Waals surface area contributed by atoms with Gasteiger partial charge < -0.3 is 5.32 Å². The van der Waals surface area contributed by atoms with Gasteiger partial charge >= 0.3 is 0 Å². The molecule has 6 heteroatoms. The van der Waals surface area contributed by atoms with Crippen molar-refractivity contribution in [2.45, 2.75) is 0 Å². The van der Waals surface area contributed by atoms with Crippen LogP contribution in [0.2, 0.25) is 0 Å². The second-order valence-electron chi connectivity index (χ2n) is 3.46. The maximum absolute atomic E-state index is 13.2. The van der Waals surface area contributed by atoms with Gasteiger partial charge in [0.15, 0.2) is 5.82 Å². The van der Waals surface area contributed by atoms with E-state index in [0.717, 1.165) is 0 Å². The lowest BCUT2D eigenvalue weighted by Gasteiger charge is -2.02. The molecule has 0 unspecified atom stereocenters. The number of hydrogen-bond acceptors (Lipinski definition) is 2. The van der Waals surface area contributed by atoms with Crippen LogP contribution in [0.1, 0.15) is 10.4 Å². The zero-order valence-electron chi connectivity index (χ0n) is 8.95. The Balaban J connectivity index is 2.17. The zero-order chi connectivity index (χ0) is 12.4. The van der Waals surface area contributed by atoms with Crippen LogP contribution in [0.5, 0.6) is 0 Å². The maximum Gasteiger partial charge on any atom is 0.256 e. The first-order chi connectivity index (χ1) is 8.06. The number of aromatic nitrogens is 2. The van der Waals surface area contributed by atoms with Gasteiger partial charge in [0, 0.05) is 24.9 Å². The predicted molar refractivity (Wildman–Crippen MR) is 65.3 cm³/mol. The van der Waals surface area contributed by atoms with Gasteiger partial charge in [-0.1, -0.05) is 0 Å². The first kappa shape index (κ1) is 11.8. The molecule has 0 aliphatic rings. The van der Waals surface area contributed by atoms with Crippen molar-refractivity contribution in [1.29, 1.82) is 0 Å². The van der Waals surface area contributed by atoms with Crippen molar-refractivity contribution in [1.82, 2.24) is 9.78 Å². The Kier molecular flexibility index (Phi) is 3.23. The number of anilines is 1. The Hall–Kier alpha value is -1.69. The van der Waals surface area contributed by atoms with Gasteiger partial charge in [0.05, 0.1) is 4.47 Å². The summed E-state index contributed by atoms with van der Waals surface area (Å²) < 4.78 is 15.1. The molecule has 1 aromatic heterocycles. The fourth-order valence-electron chi connectivity index (χ4n) is 1.31. The van der Waals surface area contributed by atoms with Crippen LogP contribution < -0.4 is 5.32 Å². The van der Waals surface area contributed by atoms with E-state index in [1.54, 1.807) is 24.0 Å². The molecule has 88 valence electrons. The van der Waals surface area contributed by atoms with Crippen molar-refractivity contribution in [3.05, 3.63) is 46.3 Å². The summed E-state index contributed by atoms with van der Waals surface area (Å²) in [5.74, 6) is -0.436. The highest BCUT2D eigenvalue weighted by atomic mass is 79.9. The van der Waals surface area contributed by atoms with Gasteiger partial charge in [-0.3, -0.25) is 9.48 Å². The van der Waals surface area contributed by atoms with E-state index in [0.29, 0.717) is 10.3 Å². The van der Waals surface area contributed by atoms with E-state index >= 15 is 0 Å². The molecule has 1 amide bonds. The zero-order valence-corrected chi connectivity index (χ0v) is 10.5. The van der Waals surface area contributed by atoms with Gasteiger partial charge in [-0.15, -0.1) is 0 Å². The van der Waals surface area contributed by atoms with Gasteiger partial charge in [-0.2, -0.15) is 5.10 Å². The Morgan fingerprint density at radius 3 is 2.82 bits per heavy atom. The van der Waals surface area contributed by atoms with Gasteiger partial charge in [0.1, 0.15) is 5.82 Å². The Bertz CT molecular complexity index is 568. The summed E-state index contributed by atoms with van der Waals surface area (Å²) in [4.78, 5) is 11.7. The van der Waals surface area contributed by atoms with E-state index in [2.05, 4.69) is 26.3 Å². The van der Waals surface area contributed by atoms with Gasteiger partial charge in [-0.05, 0) is 34.1 Å². The molecule has 0 atom stereocenters. The summed E-state index contributed by atoms with van der Waals surface area (Å²) in [7, 11) is 1.74. The number of carbonyl (C=O) groups is 1. The summed E-state index contributed by atoms with van der Waals surface area (Å²) in [5.41, 5.74) is 0.247. The average molecular weight is 298 g/mol. The standard InChI is InChI=1S/C11H9BrFN3O/c1-16-5-4-10(15-16)14-11(17)7-2-3-8(12)9(13)6-7/h2-6H,1H3,(H,14,15,17). The molecule has 0 radical (unpaired) electrons. The molecule has 0 aliphatic carbocycles. The lowest BCUT2D eigenvalue weighted by Crippen LogP contribution is -2.12. The summed E-state index contributed by atoms with van der Waals surface area (Å²) in [6, 6.07) is 5.85. The van der Waals surface area contributed by atoms with Crippen LogP contribution in [0.15, 0.2) is 34.9 Å². The smallest absolute Gasteiger partial charge is 0.256 e. The Morgan fingerprint density at radius 1 is 1.47 bits per heavy atom. The van der Waals surface area contributed by atoms with Crippen molar-refractivity contribution < 1.29 is 9.18 Å². The third-order valence-electron chi connectivity index (χ3n) is 2.14. The molecule has 2 aromatic rings. The fraction of sp³-hybridized carbons (Fsp3) is 0.0909. The van der Waals surface area contributed by atoms with E-state index in [1.165, 1.54) is 18.2 Å². The molecule has 4 nitrogen and oxygen atoms in total. The minimum absolute atomic E-state index is 0.247. The quantitative estimate of drug-likeness (QED) is 0.926. The van der Waals surface area contributed by atoms with Gasteiger partial charge in [0.25, 0.3) is 5.91 Å². The molecule has 0 bridgehead atoms. The third kappa shape index (κ3) is 2.71. The fourth-order valence-corrected chi connectivity index (χ4v) is 1.55. The van der Waals surface area contributed by atoms with Crippen molar-refractivity contribution in [3.63, 3.8) is 0 Å². The highest BCUT2D eigenvalue weighted by Crippen LogP contribution is 2.17. The maximum atomic E-state index is 13.2. The second kappa shape index (κ2) is 4.67. The molecule has 1 heterocycles. The summed E-state index contributed by atoms with van der Waals surface area (Å²) in [6.07, 6.45) is 1.71. The molecule has 17 heavy (non-hydrogen) atoms. The highest BCUT2D eigenvalue weighted by Gasteiger charge is 2.09. The molecule has 0 saturated heterocycles. The number of aryl methyl sites for hydroxylation is 1. The molecular weight excluding hydrogens is 289 g/mol. The van der Waals surface area contributed by atoms with Crippen LogP contribution in [0.25, 0.3) is 0 Å². The molecule has 1 N–H and O–H groups in total. The number of rotatable bonds is 2. The molecule has 2 rings (SSSR count). The number of amides is 1. The number of benzene rings is 1. The third-order valence-corrected chi connectivity index (χ3v) is 2.78. The molecular formula is C11H9BrFN3O. The minimum Gasteiger partial charge on any atom is -0.305 e. The largest absolute Gasteiger partial charge is 0.305 e. The lowest BCUT2D eigenvalue weighted by atomic mass is 10.2. The molecule has 0 aliphatic heterocycles. The summed E-state index contributed by atoms with van der Waals surface area (Å²) >= 11 is 3.03. The second-order valence-corrected chi connectivity index (χ2v) is 4.31. The first-order valence-electron chi connectivity index (χ1n) is 4.82. The van der Waals surface area contributed by atoms with Gasteiger partial charge in [-0.25, -0.2) is 4.39 Å². The predicted octanol–water partition coefficient (Wildman–Crippen LogP) is 2.57. The Labute approximate surface area is 106 Å². The number of carbonyl (C=O) groups excluding carboxylic acids is 1. The molecule has 0 saturated carbocycles. The normalized spacial score (nSPS) is 10.3. The average Bonchev–Trinajstić information content (AvgIpc) is 2.68. The SMILES string of the molecule is Cn1ccc(NC(=O)c2ccc(Br)c(F)c2)n1. The van der Waals surface area contributed by atoms with Crippen LogP contribution in [-0.4, -0.2) is 15.7 Å². The minimum atomic E-state index is -0.473. The van der Waals surface area contributed by atoms with Crippen LogP contribution in [-0.2, 0) is 7.05 Å². The van der Waals surface area contributed by atoms with Crippen molar-refractivity contribution >= 4 is 27.7 Å².